The lowest BCUT2D eigenvalue weighted by Gasteiger charge is -2.16. The minimum atomic E-state index is -0.798. The SMILES string of the molecule is C=N/C=C(\C=NCCC(CCCOc1cc(F)c(-c2noc(C(C)CC)n2)c(F)c1)CCNC)c1noc(CC(C)C)n1. The van der Waals surface area contributed by atoms with Crippen LogP contribution in [0.1, 0.15) is 83.3 Å². The molecule has 2 atom stereocenters. The van der Waals surface area contributed by atoms with Crippen molar-refractivity contribution in [1.29, 1.82) is 0 Å². The fourth-order valence-electron chi connectivity index (χ4n) is 4.37. The van der Waals surface area contributed by atoms with E-state index in [2.05, 4.69) is 56.1 Å². The van der Waals surface area contributed by atoms with Gasteiger partial charge in [0.15, 0.2) is 0 Å². The molecule has 3 aromatic rings. The fourth-order valence-corrected chi connectivity index (χ4v) is 4.37. The maximum absolute atomic E-state index is 14.8. The Morgan fingerprint density at radius 3 is 2.53 bits per heavy atom. The van der Waals surface area contributed by atoms with Crippen molar-refractivity contribution in [1.82, 2.24) is 25.6 Å². The number of hydrogen-bond acceptors (Lipinski definition) is 10. The van der Waals surface area contributed by atoms with E-state index in [4.69, 9.17) is 13.8 Å². The van der Waals surface area contributed by atoms with E-state index < -0.39 is 11.6 Å². The second-order valence-corrected chi connectivity index (χ2v) is 11.0. The molecular weight excluding hydrogens is 556 g/mol. The summed E-state index contributed by atoms with van der Waals surface area (Å²) in [4.78, 5) is 17.0. The molecule has 0 spiro atoms. The van der Waals surface area contributed by atoms with E-state index in [0.717, 1.165) is 50.8 Å². The molecule has 0 fully saturated rings. The number of nitrogens with zero attached hydrogens (tertiary/aromatic N) is 6. The van der Waals surface area contributed by atoms with E-state index in [1.807, 2.05) is 20.9 Å². The van der Waals surface area contributed by atoms with E-state index in [1.54, 1.807) is 12.4 Å². The standard InChI is InChI=1S/C31H43F2N7O3/c1-7-21(4)31-38-30(40-43-31)28-25(32)16-24(17-26(28)33)41-14-8-9-22(10-12-34-5)11-13-36-19-23(18-35-6)29-37-27(42-39-29)15-20(2)3/h16-22,34H,6-15H2,1-5H3/b23-18+,36-19?. The maximum atomic E-state index is 14.8. The summed E-state index contributed by atoms with van der Waals surface area (Å²) in [5.41, 5.74) is 0.310. The monoisotopic (exact) mass is 599 g/mol. The van der Waals surface area contributed by atoms with Crippen molar-refractivity contribution in [3.8, 4) is 17.1 Å². The highest BCUT2D eigenvalue weighted by Gasteiger charge is 2.21. The van der Waals surface area contributed by atoms with Crippen molar-refractivity contribution in [2.45, 2.75) is 72.1 Å². The molecule has 0 aliphatic carbocycles. The van der Waals surface area contributed by atoms with Crippen LogP contribution in [0.5, 0.6) is 5.75 Å². The van der Waals surface area contributed by atoms with Crippen molar-refractivity contribution in [2.24, 2.45) is 21.8 Å². The predicted molar refractivity (Wildman–Crippen MR) is 163 cm³/mol. The van der Waals surface area contributed by atoms with E-state index in [-0.39, 0.29) is 23.1 Å². The highest BCUT2D eigenvalue weighted by Crippen LogP contribution is 2.29. The molecule has 12 heteroatoms. The van der Waals surface area contributed by atoms with Crippen LogP contribution < -0.4 is 10.1 Å². The molecule has 0 saturated heterocycles. The van der Waals surface area contributed by atoms with Crippen molar-refractivity contribution in [2.75, 3.05) is 26.7 Å². The van der Waals surface area contributed by atoms with Gasteiger partial charge < -0.3 is 19.1 Å². The molecular formula is C31H43F2N7O3. The summed E-state index contributed by atoms with van der Waals surface area (Å²) >= 11 is 0. The Kier molecular flexibility index (Phi) is 13.6. The average molecular weight is 600 g/mol. The molecule has 0 aliphatic heterocycles. The lowest BCUT2D eigenvalue weighted by molar-refractivity contribution is 0.283. The third-order valence-electron chi connectivity index (χ3n) is 6.98. The molecule has 10 nitrogen and oxygen atoms in total. The van der Waals surface area contributed by atoms with Gasteiger partial charge in [0.1, 0.15) is 17.4 Å². The number of ether oxygens (including phenoxy) is 1. The van der Waals surface area contributed by atoms with Gasteiger partial charge in [0.25, 0.3) is 0 Å². The van der Waals surface area contributed by atoms with Crippen LogP contribution in [0.2, 0.25) is 0 Å². The van der Waals surface area contributed by atoms with E-state index in [1.165, 1.54) is 0 Å². The Balaban J connectivity index is 1.52. The second kappa shape index (κ2) is 17.3. The maximum Gasteiger partial charge on any atom is 0.229 e. The van der Waals surface area contributed by atoms with Gasteiger partial charge in [-0.25, -0.2) is 8.78 Å². The molecule has 0 amide bonds. The molecule has 0 radical (unpaired) electrons. The Bertz CT molecular complexity index is 1330. The van der Waals surface area contributed by atoms with Crippen LogP contribution in [-0.2, 0) is 6.42 Å². The van der Waals surface area contributed by atoms with Crippen LogP contribution in [-0.4, -0.2) is 60.0 Å². The number of rotatable bonds is 19. The number of nitrogens with one attached hydrogen (secondary N) is 1. The highest BCUT2D eigenvalue weighted by molar-refractivity contribution is 6.08. The van der Waals surface area contributed by atoms with Crippen LogP contribution in [0.15, 0.2) is 37.4 Å². The minimum absolute atomic E-state index is 0.00207. The zero-order chi connectivity index (χ0) is 31.2. The third kappa shape index (κ3) is 10.5. The lowest BCUT2D eigenvalue weighted by atomic mass is 9.96. The van der Waals surface area contributed by atoms with Gasteiger partial charge in [-0.05, 0) is 64.2 Å². The van der Waals surface area contributed by atoms with Crippen molar-refractivity contribution in [3.05, 3.63) is 47.6 Å². The highest BCUT2D eigenvalue weighted by atomic mass is 19.1. The van der Waals surface area contributed by atoms with Gasteiger partial charge in [-0.3, -0.25) is 9.98 Å². The number of hydrogen-bond donors (Lipinski definition) is 1. The van der Waals surface area contributed by atoms with Crippen molar-refractivity contribution >= 4 is 18.5 Å². The molecule has 3 rings (SSSR count). The van der Waals surface area contributed by atoms with Gasteiger partial charge in [-0.15, -0.1) is 0 Å². The molecule has 0 bridgehead atoms. The summed E-state index contributed by atoms with van der Waals surface area (Å²) < 4.78 is 45.8. The minimum Gasteiger partial charge on any atom is -0.493 e. The first-order valence-corrected chi connectivity index (χ1v) is 14.8. The molecule has 234 valence electrons. The Morgan fingerprint density at radius 1 is 1.09 bits per heavy atom. The molecule has 2 unspecified atom stereocenters. The average Bonchev–Trinajstić information content (AvgIpc) is 3.64. The number of aromatic nitrogens is 4. The first-order valence-electron chi connectivity index (χ1n) is 14.8. The second-order valence-electron chi connectivity index (χ2n) is 11.0. The number of halogens is 2. The number of aliphatic imine (C=N–C) groups is 2. The van der Waals surface area contributed by atoms with Gasteiger partial charge in [0, 0.05) is 43.4 Å². The largest absolute Gasteiger partial charge is 0.493 e. The summed E-state index contributed by atoms with van der Waals surface area (Å²) in [7, 11) is 1.92. The topological polar surface area (TPSA) is 124 Å². The molecule has 43 heavy (non-hydrogen) atoms. The van der Waals surface area contributed by atoms with Crippen molar-refractivity contribution < 1.29 is 22.6 Å². The predicted octanol–water partition coefficient (Wildman–Crippen LogP) is 6.70. The first-order chi connectivity index (χ1) is 20.7. The van der Waals surface area contributed by atoms with Gasteiger partial charge in [-0.1, -0.05) is 38.0 Å². The van der Waals surface area contributed by atoms with Crippen LogP contribution in [0.4, 0.5) is 8.78 Å². The van der Waals surface area contributed by atoms with Crippen LogP contribution >= 0.6 is 0 Å². The quantitative estimate of drug-likeness (QED) is 0.119. The molecule has 1 N–H and O–H groups in total. The van der Waals surface area contributed by atoms with Crippen LogP contribution in [0, 0.1) is 23.5 Å². The fraction of sp³-hybridized carbons (Fsp3) is 0.548. The van der Waals surface area contributed by atoms with Crippen LogP contribution in [0.3, 0.4) is 0 Å². The molecule has 0 aliphatic rings. The lowest BCUT2D eigenvalue weighted by Crippen LogP contribution is -2.15. The van der Waals surface area contributed by atoms with Crippen molar-refractivity contribution in [3.63, 3.8) is 0 Å². The molecule has 0 saturated carbocycles. The number of benzene rings is 1. The first kappa shape index (κ1) is 33.7. The van der Waals surface area contributed by atoms with Gasteiger partial charge in [0.2, 0.25) is 23.4 Å². The zero-order valence-corrected chi connectivity index (χ0v) is 25.8. The molecule has 2 aromatic heterocycles. The summed E-state index contributed by atoms with van der Waals surface area (Å²) in [5.74, 6) is 0.566. The number of allylic oxidation sites excluding steroid dienone is 1. The normalized spacial score (nSPS) is 13.6. The van der Waals surface area contributed by atoms with Gasteiger partial charge in [-0.2, -0.15) is 9.97 Å². The Labute approximate surface area is 252 Å². The summed E-state index contributed by atoms with van der Waals surface area (Å²) in [6.45, 7) is 13.4. The zero-order valence-electron chi connectivity index (χ0n) is 25.8. The van der Waals surface area contributed by atoms with E-state index in [0.29, 0.717) is 54.6 Å². The van der Waals surface area contributed by atoms with E-state index >= 15 is 0 Å². The summed E-state index contributed by atoms with van der Waals surface area (Å²) in [6.07, 6.45) is 8.16. The third-order valence-corrected chi connectivity index (χ3v) is 6.98. The molecule has 1 aromatic carbocycles. The Hall–Kier alpha value is -3.80. The van der Waals surface area contributed by atoms with Crippen LogP contribution in [0.25, 0.3) is 17.0 Å². The summed E-state index contributed by atoms with van der Waals surface area (Å²) in [5, 5.41) is 11.0. The van der Waals surface area contributed by atoms with Gasteiger partial charge in [0.05, 0.1) is 17.7 Å². The van der Waals surface area contributed by atoms with E-state index in [9.17, 15) is 8.78 Å². The summed E-state index contributed by atoms with van der Waals surface area (Å²) in [6, 6.07) is 2.31. The smallest absolute Gasteiger partial charge is 0.229 e. The van der Waals surface area contributed by atoms with Gasteiger partial charge >= 0.3 is 0 Å². The molecule has 2 heterocycles. The Morgan fingerprint density at radius 2 is 1.86 bits per heavy atom.